The molecule has 2 aliphatic rings. The molecule has 1 fully saturated rings. The molecule has 0 radical (unpaired) electrons. The highest BCUT2D eigenvalue weighted by molar-refractivity contribution is 6.07. The Morgan fingerprint density at radius 3 is 2.33 bits per heavy atom. The van der Waals surface area contributed by atoms with Gasteiger partial charge in [-0.2, -0.15) is 0 Å². The standard InChI is InChI=1S/C15H19N3O2.2C2H6/c16-14(19)9-12-11-3-1-2-4-13(11)18(15(12)20)10-5-7-17-8-6-10;2*1-2/h1-4,10,12,17H,5-9H2,(H2,16,19);2*1-2H3. The van der Waals surface area contributed by atoms with Gasteiger partial charge in [-0.3, -0.25) is 9.59 Å². The molecule has 0 bridgehead atoms. The van der Waals surface area contributed by atoms with E-state index in [-0.39, 0.29) is 18.4 Å². The van der Waals surface area contributed by atoms with E-state index in [1.165, 1.54) is 0 Å². The van der Waals surface area contributed by atoms with Crippen LogP contribution in [0.1, 0.15) is 58.4 Å². The maximum Gasteiger partial charge on any atom is 0.235 e. The number of para-hydroxylation sites is 1. The van der Waals surface area contributed by atoms with Crippen molar-refractivity contribution in [2.24, 2.45) is 5.73 Å². The zero-order valence-electron chi connectivity index (χ0n) is 15.3. The van der Waals surface area contributed by atoms with Gasteiger partial charge in [0.15, 0.2) is 0 Å². The Hall–Kier alpha value is -1.88. The van der Waals surface area contributed by atoms with E-state index in [9.17, 15) is 9.59 Å². The predicted octanol–water partition coefficient (Wildman–Crippen LogP) is 2.80. The molecule has 1 aromatic rings. The van der Waals surface area contributed by atoms with Gasteiger partial charge in [0, 0.05) is 18.2 Å². The van der Waals surface area contributed by atoms with Crippen LogP contribution in [0.5, 0.6) is 0 Å². The number of carbonyl (C=O) groups is 2. The van der Waals surface area contributed by atoms with Gasteiger partial charge in [0.25, 0.3) is 0 Å². The van der Waals surface area contributed by atoms with Crippen molar-refractivity contribution >= 4 is 17.5 Å². The summed E-state index contributed by atoms with van der Waals surface area (Å²) in [4.78, 5) is 25.8. The molecular formula is C19H31N3O2. The summed E-state index contributed by atoms with van der Waals surface area (Å²) in [6, 6.07) is 7.97. The number of nitrogens with one attached hydrogen (secondary N) is 1. The van der Waals surface area contributed by atoms with Crippen molar-refractivity contribution in [3.8, 4) is 0 Å². The van der Waals surface area contributed by atoms with Crippen molar-refractivity contribution in [2.45, 2.75) is 58.9 Å². The molecule has 5 nitrogen and oxygen atoms in total. The molecule has 5 heteroatoms. The molecule has 1 aromatic carbocycles. The van der Waals surface area contributed by atoms with Crippen molar-refractivity contribution in [1.82, 2.24) is 5.32 Å². The second-order valence-corrected chi connectivity index (χ2v) is 5.47. The molecule has 1 atom stereocenters. The third-order valence-electron chi connectivity index (χ3n) is 4.19. The van der Waals surface area contributed by atoms with Crippen molar-refractivity contribution in [3.05, 3.63) is 29.8 Å². The largest absolute Gasteiger partial charge is 0.370 e. The number of anilines is 1. The topological polar surface area (TPSA) is 75.4 Å². The fourth-order valence-electron chi connectivity index (χ4n) is 3.26. The molecule has 24 heavy (non-hydrogen) atoms. The van der Waals surface area contributed by atoms with Gasteiger partial charge in [0.2, 0.25) is 11.8 Å². The van der Waals surface area contributed by atoms with E-state index in [0.717, 1.165) is 37.2 Å². The quantitative estimate of drug-likeness (QED) is 0.893. The molecule has 0 aromatic heterocycles. The number of benzene rings is 1. The molecule has 0 saturated carbocycles. The van der Waals surface area contributed by atoms with Crippen LogP contribution in [0.15, 0.2) is 24.3 Å². The van der Waals surface area contributed by atoms with Gasteiger partial charge in [-0.15, -0.1) is 0 Å². The molecule has 0 aliphatic carbocycles. The molecule has 1 unspecified atom stereocenters. The van der Waals surface area contributed by atoms with E-state index < -0.39 is 11.8 Å². The first kappa shape index (κ1) is 20.2. The summed E-state index contributed by atoms with van der Waals surface area (Å²) in [6.45, 7) is 9.86. The van der Waals surface area contributed by atoms with Crippen molar-refractivity contribution in [1.29, 1.82) is 0 Å². The lowest BCUT2D eigenvalue weighted by atomic mass is 9.97. The minimum atomic E-state index is -0.426. The first-order chi connectivity index (χ1) is 11.7. The van der Waals surface area contributed by atoms with Crippen LogP contribution in [0.25, 0.3) is 0 Å². The monoisotopic (exact) mass is 333 g/mol. The van der Waals surface area contributed by atoms with Gasteiger partial charge < -0.3 is 16.0 Å². The average Bonchev–Trinajstić information content (AvgIpc) is 2.91. The highest BCUT2D eigenvalue weighted by Gasteiger charge is 2.41. The van der Waals surface area contributed by atoms with Crippen LogP contribution in [-0.4, -0.2) is 30.9 Å². The zero-order chi connectivity index (χ0) is 18.1. The maximum atomic E-state index is 12.7. The van der Waals surface area contributed by atoms with E-state index in [1.54, 1.807) is 0 Å². The Morgan fingerprint density at radius 1 is 1.17 bits per heavy atom. The lowest BCUT2D eigenvalue weighted by Gasteiger charge is -2.32. The maximum absolute atomic E-state index is 12.7. The van der Waals surface area contributed by atoms with E-state index in [2.05, 4.69) is 5.32 Å². The summed E-state index contributed by atoms with van der Waals surface area (Å²) in [5.41, 5.74) is 7.19. The lowest BCUT2D eigenvalue weighted by molar-refractivity contribution is -0.124. The molecule has 1 saturated heterocycles. The van der Waals surface area contributed by atoms with E-state index in [0.29, 0.717) is 0 Å². The van der Waals surface area contributed by atoms with Gasteiger partial charge >= 0.3 is 0 Å². The highest BCUT2D eigenvalue weighted by Crippen LogP contribution is 2.41. The first-order valence-corrected chi connectivity index (χ1v) is 9.09. The molecule has 2 aliphatic heterocycles. The van der Waals surface area contributed by atoms with Crippen LogP contribution in [0.4, 0.5) is 5.69 Å². The fraction of sp³-hybridized carbons (Fsp3) is 0.579. The summed E-state index contributed by atoms with van der Waals surface area (Å²) in [6.07, 6.45) is 1.99. The molecule has 2 amide bonds. The van der Waals surface area contributed by atoms with E-state index in [4.69, 9.17) is 5.73 Å². The van der Waals surface area contributed by atoms with Gasteiger partial charge in [-0.1, -0.05) is 45.9 Å². The first-order valence-electron chi connectivity index (χ1n) is 9.09. The average molecular weight is 333 g/mol. The predicted molar refractivity (Wildman–Crippen MR) is 99.1 cm³/mol. The normalized spacial score (nSPS) is 19.6. The van der Waals surface area contributed by atoms with Gasteiger partial charge in [-0.25, -0.2) is 0 Å². The second-order valence-electron chi connectivity index (χ2n) is 5.47. The number of carbonyl (C=O) groups excluding carboxylic acids is 2. The van der Waals surface area contributed by atoms with Crippen LogP contribution in [0, 0.1) is 0 Å². The summed E-state index contributed by atoms with van der Waals surface area (Å²) < 4.78 is 0. The fourth-order valence-corrected chi connectivity index (χ4v) is 3.26. The number of fused-ring (bicyclic) bond motifs is 1. The molecule has 3 N–H and O–H groups in total. The number of primary amides is 1. The Bertz CT molecular complexity index is 539. The molecule has 0 spiro atoms. The van der Waals surface area contributed by atoms with Gasteiger partial charge in [0.1, 0.15) is 0 Å². The highest BCUT2D eigenvalue weighted by atomic mass is 16.2. The Kier molecular flexibility index (Phi) is 8.47. The third-order valence-corrected chi connectivity index (χ3v) is 4.19. The van der Waals surface area contributed by atoms with Gasteiger partial charge in [-0.05, 0) is 37.6 Å². The molecule has 134 valence electrons. The van der Waals surface area contributed by atoms with Gasteiger partial charge in [0.05, 0.1) is 5.92 Å². The van der Waals surface area contributed by atoms with Crippen LogP contribution < -0.4 is 16.0 Å². The number of nitrogens with two attached hydrogens (primary N) is 1. The lowest BCUT2D eigenvalue weighted by Crippen LogP contribution is -2.45. The number of piperidine rings is 1. The van der Waals surface area contributed by atoms with Crippen LogP contribution in [0.2, 0.25) is 0 Å². The SMILES string of the molecule is CC.CC.NC(=O)CC1C(=O)N(C2CCNCC2)c2ccccc21. The van der Waals surface area contributed by atoms with E-state index in [1.807, 2.05) is 56.9 Å². The smallest absolute Gasteiger partial charge is 0.235 e. The number of amides is 2. The Morgan fingerprint density at radius 2 is 1.75 bits per heavy atom. The summed E-state index contributed by atoms with van der Waals surface area (Å²) in [7, 11) is 0. The minimum absolute atomic E-state index is 0.0249. The van der Waals surface area contributed by atoms with Crippen molar-refractivity contribution < 1.29 is 9.59 Å². The zero-order valence-corrected chi connectivity index (χ0v) is 15.3. The summed E-state index contributed by atoms with van der Waals surface area (Å²) in [5, 5.41) is 3.31. The Balaban J connectivity index is 0.000000671. The van der Waals surface area contributed by atoms with Crippen molar-refractivity contribution in [2.75, 3.05) is 18.0 Å². The third kappa shape index (κ3) is 4.35. The Labute approximate surface area is 145 Å². The summed E-state index contributed by atoms with van der Waals surface area (Å²) in [5.74, 6) is -0.805. The number of hydrogen-bond acceptors (Lipinski definition) is 3. The number of hydrogen-bond donors (Lipinski definition) is 2. The second kappa shape index (κ2) is 10.1. The summed E-state index contributed by atoms with van der Waals surface area (Å²) >= 11 is 0. The molecule has 3 rings (SSSR count). The molecule has 2 heterocycles. The number of rotatable bonds is 3. The van der Waals surface area contributed by atoms with Crippen LogP contribution >= 0.6 is 0 Å². The number of nitrogens with zero attached hydrogens (tertiary/aromatic N) is 1. The molecular weight excluding hydrogens is 302 g/mol. The minimum Gasteiger partial charge on any atom is -0.370 e. The van der Waals surface area contributed by atoms with E-state index >= 15 is 0 Å². The van der Waals surface area contributed by atoms with Crippen LogP contribution in [0.3, 0.4) is 0 Å². The van der Waals surface area contributed by atoms with Crippen LogP contribution in [-0.2, 0) is 9.59 Å². The van der Waals surface area contributed by atoms with Crippen molar-refractivity contribution in [3.63, 3.8) is 0 Å².